The minimum Gasteiger partial charge on any atom is -0.497 e. The van der Waals surface area contributed by atoms with Crippen molar-refractivity contribution < 1.29 is 17.9 Å². The fraction of sp³-hybridized carbons (Fsp3) is 0.0714. The Morgan fingerprint density at radius 3 is 2.24 bits per heavy atom. The molecule has 1 amide bonds. The highest BCUT2D eigenvalue weighted by Crippen LogP contribution is 2.30. The van der Waals surface area contributed by atoms with Crippen molar-refractivity contribution in [1.29, 1.82) is 0 Å². The van der Waals surface area contributed by atoms with Gasteiger partial charge in [-0.05, 0) is 59.7 Å². The Bertz CT molecular complexity index is 1490. The van der Waals surface area contributed by atoms with E-state index in [0.29, 0.717) is 10.8 Å². The van der Waals surface area contributed by atoms with Crippen molar-refractivity contribution in [2.75, 3.05) is 11.4 Å². The molecule has 188 valence electrons. The number of nitrogens with one attached hydrogen (secondary N) is 1. The number of nitrogens with zero attached hydrogens (tertiary/aromatic N) is 2. The van der Waals surface area contributed by atoms with Gasteiger partial charge in [0, 0.05) is 5.02 Å². The van der Waals surface area contributed by atoms with E-state index in [-0.39, 0.29) is 22.7 Å². The van der Waals surface area contributed by atoms with Gasteiger partial charge in [0.1, 0.15) is 5.75 Å². The van der Waals surface area contributed by atoms with Crippen LogP contribution in [-0.2, 0) is 16.6 Å². The van der Waals surface area contributed by atoms with Crippen LogP contribution in [0.3, 0.4) is 0 Å². The topological polar surface area (TPSA) is 88.1 Å². The van der Waals surface area contributed by atoms with Crippen molar-refractivity contribution in [3.63, 3.8) is 0 Å². The molecule has 37 heavy (non-hydrogen) atoms. The second-order valence-electron chi connectivity index (χ2n) is 7.94. The zero-order valence-electron chi connectivity index (χ0n) is 19.9. The van der Waals surface area contributed by atoms with E-state index < -0.39 is 15.9 Å². The predicted octanol–water partition coefficient (Wildman–Crippen LogP) is 5.51. The van der Waals surface area contributed by atoms with E-state index in [1.807, 2.05) is 30.3 Å². The molecule has 7 nitrogen and oxygen atoms in total. The molecule has 9 heteroatoms. The third-order valence-electron chi connectivity index (χ3n) is 5.48. The number of amides is 1. The molecule has 4 rings (SSSR count). The Hall–Kier alpha value is -4.14. The summed E-state index contributed by atoms with van der Waals surface area (Å²) in [7, 11) is -2.54. The summed E-state index contributed by atoms with van der Waals surface area (Å²) < 4.78 is 34.1. The average Bonchev–Trinajstić information content (AvgIpc) is 2.93. The fourth-order valence-electron chi connectivity index (χ4n) is 3.58. The summed E-state index contributed by atoms with van der Waals surface area (Å²) in [5.74, 6) is -0.0179. The number of para-hydroxylation sites is 1. The highest BCUT2D eigenvalue weighted by Gasteiger charge is 2.28. The van der Waals surface area contributed by atoms with E-state index in [0.717, 1.165) is 11.1 Å². The smallest absolute Gasteiger partial charge is 0.273 e. The number of sulfonamides is 1. The number of carbonyl (C=O) groups excluding carboxylic acids is 1. The van der Waals surface area contributed by atoms with Crippen LogP contribution in [0.2, 0.25) is 5.02 Å². The van der Waals surface area contributed by atoms with Gasteiger partial charge in [-0.25, -0.2) is 13.8 Å². The van der Waals surface area contributed by atoms with Crippen molar-refractivity contribution in [2.24, 2.45) is 5.10 Å². The monoisotopic (exact) mass is 533 g/mol. The zero-order valence-corrected chi connectivity index (χ0v) is 21.5. The summed E-state index contributed by atoms with van der Waals surface area (Å²) in [6.07, 6.45) is 1.48. The molecule has 1 N–H and O–H groups in total. The lowest BCUT2D eigenvalue weighted by atomic mass is 10.1. The minimum atomic E-state index is -4.05. The second kappa shape index (κ2) is 11.7. The summed E-state index contributed by atoms with van der Waals surface area (Å²) in [4.78, 5) is 13.2. The largest absolute Gasteiger partial charge is 0.497 e. The quantitative estimate of drug-likeness (QED) is 0.227. The highest BCUT2D eigenvalue weighted by atomic mass is 35.5. The van der Waals surface area contributed by atoms with Gasteiger partial charge in [0.15, 0.2) is 0 Å². The maximum absolute atomic E-state index is 13.9. The van der Waals surface area contributed by atoms with Crippen molar-refractivity contribution in [1.82, 2.24) is 5.43 Å². The molecule has 0 saturated carbocycles. The number of carbonyl (C=O) groups is 1. The first kappa shape index (κ1) is 25.9. The lowest BCUT2D eigenvalue weighted by Gasteiger charge is -2.26. The lowest BCUT2D eigenvalue weighted by molar-refractivity contribution is 0.0955. The van der Waals surface area contributed by atoms with E-state index in [2.05, 4.69) is 10.5 Å². The van der Waals surface area contributed by atoms with E-state index in [4.69, 9.17) is 16.3 Å². The van der Waals surface area contributed by atoms with Crippen LogP contribution in [0.5, 0.6) is 5.75 Å². The third-order valence-corrected chi connectivity index (χ3v) is 7.51. The van der Waals surface area contributed by atoms with Crippen LogP contribution >= 0.6 is 11.6 Å². The normalized spacial score (nSPS) is 11.3. The summed E-state index contributed by atoms with van der Waals surface area (Å²) in [6.45, 7) is 0.0214. The summed E-state index contributed by atoms with van der Waals surface area (Å²) in [5, 5.41) is 4.61. The number of ether oxygens (including phenoxy) is 1. The maximum Gasteiger partial charge on any atom is 0.273 e. The van der Waals surface area contributed by atoms with Gasteiger partial charge in [-0.3, -0.25) is 9.10 Å². The Balaban J connectivity index is 1.70. The average molecular weight is 534 g/mol. The molecular formula is C28H24ClN3O4S. The molecule has 0 radical (unpaired) electrons. The molecular weight excluding hydrogens is 510 g/mol. The standard InChI is InChI=1S/C28H24ClN3O4S/c1-36-24-15-17-25(18-16-24)37(34,35)32(20-22-7-3-2-4-8-22)27-10-6-5-9-26(27)28(33)31-30-19-21-11-13-23(29)14-12-21/h2-19H,20H2,1H3,(H,31,33)/b30-19-. The van der Waals surface area contributed by atoms with Gasteiger partial charge in [-0.1, -0.05) is 66.2 Å². The third kappa shape index (κ3) is 6.35. The Morgan fingerprint density at radius 1 is 0.919 bits per heavy atom. The first-order valence-electron chi connectivity index (χ1n) is 11.3. The molecule has 0 aliphatic rings. The highest BCUT2D eigenvalue weighted by molar-refractivity contribution is 7.92. The number of anilines is 1. The van der Waals surface area contributed by atoms with Crippen molar-refractivity contribution in [3.8, 4) is 5.75 Å². The second-order valence-corrected chi connectivity index (χ2v) is 10.2. The zero-order chi connectivity index (χ0) is 26.3. The molecule has 4 aromatic rings. The molecule has 0 aliphatic carbocycles. The van der Waals surface area contributed by atoms with Crippen LogP contribution in [0.1, 0.15) is 21.5 Å². The van der Waals surface area contributed by atoms with Crippen molar-refractivity contribution >= 4 is 39.4 Å². The van der Waals surface area contributed by atoms with Crippen molar-refractivity contribution in [3.05, 3.63) is 125 Å². The Morgan fingerprint density at radius 2 is 1.57 bits per heavy atom. The number of benzene rings is 4. The van der Waals surface area contributed by atoms with E-state index in [1.54, 1.807) is 60.7 Å². The molecule has 0 unspecified atom stereocenters. The first-order valence-corrected chi connectivity index (χ1v) is 13.1. The van der Waals surface area contributed by atoms with Gasteiger partial charge >= 0.3 is 0 Å². The number of halogens is 1. The van der Waals surface area contributed by atoms with Gasteiger partial charge in [0.2, 0.25) is 0 Å². The van der Waals surface area contributed by atoms with Crippen LogP contribution in [0.15, 0.2) is 113 Å². The molecule has 0 saturated heterocycles. The maximum atomic E-state index is 13.9. The molecule has 0 bridgehead atoms. The number of hydrogen-bond donors (Lipinski definition) is 1. The number of rotatable bonds is 9. The van der Waals surface area contributed by atoms with Gasteiger partial charge < -0.3 is 4.74 Å². The molecule has 0 aliphatic heterocycles. The van der Waals surface area contributed by atoms with Crippen molar-refractivity contribution in [2.45, 2.75) is 11.4 Å². The molecule has 0 fully saturated rings. The van der Waals surface area contributed by atoms with Gasteiger partial charge in [-0.2, -0.15) is 5.10 Å². The molecule has 0 heterocycles. The number of hydrogen-bond acceptors (Lipinski definition) is 5. The van der Waals surface area contributed by atoms with Crippen LogP contribution in [0, 0.1) is 0 Å². The Labute approximate surface area is 221 Å². The molecule has 0 atom stereocenters. The molecule has 0 aromatic heterocycles. The Kier molecular flexibility index (Phi) is 8.22. The predicted molar refractivity (Wildman–Crippen MR) is 146 cm³/mol. The summed E-state index contributed by atoms with van der Waals surface area (Å²) >= 11 is 5.90. The lowest BCUT2D eigenvalue weighted by Crippen LogP contribution is -2.33. The fourth-order valence-corrected chi connectivity index (χ4v) is 5.18. The van der Waals surface area contributed by atoms with Crippen LogP contribution < -0.4 is 14.5 Å². The van der Waals surface area contributed by atoms with Gasteiger partial charge in [-0.15, -0.1) is 0 Å². The summed E-state index contributed by atoms with van der Waals surface area (Å²) in [5.41, 5.74) is 4.37. The van der Waals surface area contributed by atoms with Gasteiger partial charge in [0.25, 0.3) is 15.9 Å². The van der Waals surface area contributed by atoms with E-state index in [1.165, 1.54) is 29.8 Å². The number of hydrazone groups is 1. The minimum absolute atomic E-state index is 0.0214. The van der Waals surface area contributed by atoms with Crippen LogP contribution in [-0.4, -0.2) is 27.6 Å². The van der Waals surface area contributed by atoms with E-state index in [9.17, 15) is 13.2 Å². The molecule has 4 aromatic carbocycles. The number of methoxy groups -OCH3 is 1. The SMILES string of the molecule is COc1ccc(S(=O)(=O)N(Cc2ccccc2)c2ccccc2C(=O)N/N=C\c2ccc(Cl)cc2)cc1. The van der Waals surface area contributed by atoms with Crippen LogP contribution in [0.25, 0.3) is 0 Å². The summed E-state index contributed by atoms with van der Waals surface area (Å²) in [6, 6.07) is 28.7. The van der Waals surface area contributed by atoms with E-state index >= 15 is 0 Å². The van der Waals surface area contributed by atoms with Gasteiger partial charge in [0.05, 0.1) is 36.0 Å². The molecule has 0 spiro atoms. The van der Waals surface area contributed by atoms with Crippen LogP contribution in [0.4, 0.5) is 5.69 Å². The first-order chi connectivity index (χ1) is 17.9.